The van der Waals surface area contributed by atoms with Crippen molar-refractivity contribution in [2.75, 3.05) is 18.1 Å². The second kappa shape index (κ2) is 46.6. The number of aliphatic hydroxyl groups is 3. The zero-order valence-corrected chi connectivity index (χ0v) is 79.9. The SMILES string of the molecule is C.C/C(=C\c1csc(C)n1)[C@@H]1C[C@@H]2O[C@]2(C)CCCC(C)(C)C(C)[C@H](O)[C@@H](C)C(C)(C)C(=O)C(C)(C)[C@@H](O)CC(=O)N1.C[C@H](C(O)[C@@H](C)C(C)(C)C)C(C)(C)C.C[C@H](C(OC(=O)CCCSSc1ccccn1)[C@@H](C)C(C)(C)C)C(C)(C)C.C[C@H](C(OC(=O)Cl)[C@@H](C)C(C)(C)C)C(C)(C)C.NCCSSc1ccccn1. The van der Waals surface area contributed by atoms with Crippen molar-refractivity contribution in [1.29, 1.82) is 0 Å². The highest BCUT2D eigenvalue weighted by molar-refractivity contribution is 8.77. The number of pyridine rings is 2. The molecule has 15 nitrogen and oxygen atoms in total. The molecule has 0 saturated carbocycles. The molecule has 1 unspecified atom stereocenters. The zero-order chi connectivity index (χ0) is 85.5. The Balaban J connectivity index is 0.00000148. The molecule has 21 heteroatoms. The molecule has 2 fully saturated rings. The van der Waals surface area contributed by atoms with Crippen LogP contribution in [0.2, 0.25) is 0 Å². The van der Waals surface area contributed by atoms with Crippen molar-refractivity contribution >= 4 is 95.3 Å². The molecule has 642 valence electrons. The Morgan fingerprint density at radius 2 is 1.11 bits per heavy atom. The summed E-state index contributed by atoms with van der Waals surface area (Å²) in [5.41, 5.74) is 4.68. The molecule has 3 aromatic rings. The van der Waals surface area contributed by atoms with E-state index in [0.717, 1.165) is 70.1 Å². The molecule has 3 aromatic heterocycles. The molecule has 2 saturated heterocycles. The molecule has 111 heavy (non-hydrogen) atoms. The standard InChI is InChI=1S/C33H54N2O5S.C22H37NO2S2.C14H27ClO2.C13H28O.C7H10N2S2.CH4/c1-19(15-23-18-41-22(4)34-23)24-16-26-33(11,40-26)14-12-13-30(5,6)20(2)28(38)21(3)31(7,8)29(39)32(9,10)25(36)17-27(37)35-24;1-16(21(3,4)5)20(17(2)22(6,7)8)25-19(24)13-11-15-26-27-18-12-9-10-14-23-18;1-9(13(3,4)5)11(17-12(15)16)10(2)14(6,7)8;1-9(12(3,4)5)11(14)10(2)13(6,7)8;8-4-6-10-11-7-3-1-2-5-9-7;/h15,18,20-21,24-26,28,36,38H,12-14,16-17H2,1-11H3,(H,35,37);9-10,12,14,16-17,20H,11,13,15H2,1-8H3;9-11H,1-8H3;9-11,14H,1-8H3;1-3,5H,4,6,8H2;1H4/b19-15+;;;;;/t20?,21-,24+,25+,26+,28+,33-;16-,17-;2*9-,10-;;/m1111../s1. The number of epoxide rings is 1. The number of nitrogens with two attached hydrogens (primary N) is 1. The van der Waals surface area contributed by atoms with Crippen molar-refractivity contribution in [2.45, 2.75) is 353 Å². The van der Waals surface area contributed by atoms with Gasteiger partial charge in [-0.3, -0.25) is 14.4 Å². The van der Waals surface area contributed by atoms with Gasteiger partial charge in [0.05, 0.1) is 58.6 Å². The number of thiazole rings is 1. The molecular weight excluding hydrogens is 1510 g/mol. The number of hydrogen-bond donors (Lipinski definition) is 5. The van der Waals surface area contributed by atoms with Gasteiger partial charge in [0.1, 0.15) is 28.0 Å². The lowest BCUT2D eigenvalue weighted by atomic mass is 9.60. The van der Waals surface area contributed by atoms with Gasteiger partial charge < -0.3 is 40.6 Å². The van der Waals surface area contributed by atoms with Crippen LogP contribution in [-0.4, -0.2) is 120 Å². The quantitative estimate of drug-likeness (QED) is 0.0232. The summed E-state index contributed by atoms with van der Waals surface area (Å²) in [6.45, 7) is 74.7. The predicted octanol–water partition coefficient (Wildman–Crippen LogP) is 24.2. The largest absolute Gasteiger partial charge is 0.462 e. The number of nitrogens with zero attached hydrogens (tertiary/aromatic N) is 3. The third-order valence-corrected chi connectivity index (χ3v) is 30.2. The minimum absolute atomic E-state index is 0. The molecule has 2 aliphatic heterocycles. The van der Waals surface area contributed by atoms with Crippen LogP contribution in [0.15, 0.2) is 69.8 Å². The first kappa shape index (κ1) is 108. The molecule has 0 aromatic carbocycles. The van der Waals surface area contributed by atoms with E-state index in [9.17, 15) is 34.5 Å². The van der Waals surface area contributed by atoms with Crippen molar-refractivity contribution in [2.24, 2.45) is 102 Å². The van der Waals surface area contributed by atoms with E-state index in [4.69, 9.17) is 31.5 Å². The molecule has 0 bridgehead atoms. The fourth-order valence-electron chi connectivity index (χ4n) is 12.8. The first-order valence-electron chi connectivity index (χ1n) is 40.3. The summed E-state index contributed by atoms with van der Waals surface area (Å²) < 4.78 is 17.6. The lowest BCUT2D eigenvalue weighted by Crippen LogP contribution is -2.52. The molecule has 5 rings (SSSR count). The zero-order valence-electron chi connectivity index (χ0n) is 75.0. The van der Waals surface area contributed by atoms with Crippen LogP contribution in [0.25, 0.3) is 6.08 Å². The topological polar surface area (TPSA) is 237 Å². The number of carbonyl (C=O) groups is 4. The Morgan fingerprint density at radius 1 is 0.676 bits per heavy atom. The number of halogens is 1. The minimum Gasteiger partial charge on any atom is -0.462 e. The number of Topliss-reactive ketones (excluding diaryl/α,β-unsaturated/α-hetero) is 1. The van der Waals surface area contributed by atoms with E-state index in [1.54, 1.807) is 80.8 Å². The van der Waals surface area contributed by atoms with Crippen LogP contribution < -0.4 is 11.1 Å². The third-order valence-electron chi connectivity index (χ3n) is 24.7. The van der Waals surface area contributed by atoms with Crippen molar-refractivity contribution in [3.8, 4) is 0 Å². The number of fused-ring (bicyclic) bond motifs is 1. The van der Waals surface area contributed by atoms with Gasteiger partial charge in [0.25, 0.3) is 0 Å². The van der Waals surface area contributed by atoms with Crippen molar-refractivity contribution < 1.29 is 48.7 Å². The molecule has 6 N–H and O–H groups in total. The van der Waals surface area contributed by atoms with E-state index in [-0.39, 0.29) is 129 Å². The van der Waals surface area contributed by atoms with Crippen molar-refractivity contribution in [3.05, 3.63) is 70.4 Å². The van der Waals surface area contributed by atoms with Gasteiger partial charge in [-0.1, -0.05) is 263 Å². The summed E-state index contributed by atoms with van der Waals surface area (Å²) in [5.74, 6) is 2.71. The number of amides is 1. The fraction of sp³-hybridized carbons (Fsp3) is 0.789. The number of carbonyl (C=O) groups excluding carboxylic acids is 4. The van der Waals surface area contributed by atoms with Crippen molar-refractivity contribution in [3.63, 3.8) is 0 Å². The number of aromatic nitrogens is 3. The predicted molar refractivity (Wildman–Crippen MR) is 479 cm³/mol. The van der Waals surface area contributed by atoms with E-state index < -0.39 is 28.5 Å². The highest BCUT2D eigenvalue weighted by Crippen LogP contribution is 2.49. The average Bonchev–Trinajstić information content (AvgIpc) is 1.52. The van der Waals surface area contributed by atoms with Gasteiger partial charge in [-0.25, -0.2) is 19.7 Å². The third kappa shape index (κ3) is 37.4. The first-order valence-corrected chi connectivity index (χ1v) is 46.2. The van der Waals surface area contributed by atoms with Crippen LogP contribution in [0.1, 0.15) is 298 Å². The molecule has 13 atom stereocenters. The molecule has 0 spiro atoms. The number of ketones is 1. The number of rotatable bonds is 20. The van der Waals surface area contributed by atoms with Gasteiger partial charge in [0.2, 0.25) is 5.91 Å². The van der Waals surface area contributed by atoms with Crippen LogP contribution in [0.3, 0.4) is 0 Å². The Labute approximate surface area is 702 Å². The number of esters is 1. The summed E-state index contributed by atoms with van der Waals surface area (Å²) in [5, 5.41) is 41.2. The van der Waals surface area contributed by atoms with Crippen LogP contribution in [0.4, 0.5) is 4.79 Å². The molecule has 0 aliphatic carbocycles. The monoisotopic (exact) mass is 1670 g/mol. The van der Waals surface area contributed by atoms with Crippen LogP contribution in [0.5, 0.6) is 0 Å². The molecular formula is C90H160ClN5O10S5. The summed E-state index contributed by atoms with van der Waals surface area (Å²) in [6, 6.07) is 11.5. The Bertz CT molecular complexity index is 3160. The van der Waals surface area contributed by atoms with E-state index in [1.165, 1.54) is 0 Å². The van der Waals surface area contributed by atoms with Gasteiger partial charge in [-0.15, -0.1) is 11.3 Å². The average molecular weight is 1670 g/mol. The van der Waals surface area contributed by atoms with E-state index in [1.807, 2.05) is 82.5 Å². The van der Waals surface area contributed by atoms with Crippen LogP contribution >= 0.6 is 66.1 Å². The lowest BCUT2D eigenvalue weighted by molar-refractivity contribution is -0.160. The summed E-state index contributed by atoms with van der Waals surface area (Å²) in [6.07, 6.45) is 7.78. The summed E-state index contributed by atoms with van der Waals surface area (Å²) in [7, 11) is 6.80. The fourth-order valence-corrected chi connectivity index (χ4v) is 17.2. The van der Waals surface area contributed by atoms with Gasteiger partial charge in [0.15, 0.2) is 0 Å². The number of hydrogen-bond acceptors (Lipinski definition) is 19. The maximum Gasteiger partial charge on any atom is 0.404 e. The second-order valence-electron chi connectivity index (χ2n) is 40.1. The smallest absolute Gasteiger partial charge is 0.404 e. The van der Waals surface area contributed by atoms with Gasteiger partial charge in [-0.05, 0) is 189 Å². The van der Waals surface area contributed by atoms with Crippen molar-refractivity contribution in [1.82, 2.24) is 20.3 Å². The normalized spacial score (nSPS) is 23.1. The molecule has 5 heterocycles. The van der Waals surface area contributed by atoms with Crippen LogP contribution in [-0.2, 0) is 28.6 Å². The molecule has 2 aliphatic rings. The lowest BCUT2D eigenvalue weighted by Gasteiger charge is -2.45. The Morgan fingerprint density at radius 3 is 1.50 bits per heavy atom. The highest BCUT2D eigenvalue weighted by Gasteiger charge is 2.54. The Hall–Kier alpha value is -2.76. The summed E-state index contributed by atoms with van der Waals surface area (Å²) >= 11 is 6.98. The number of aliphatic hydroxyl groups excluding tert-OH is 3. The number of ether oxygens (including phenoxy) is 3. The maximum atomic E-state index is 14.0. The van der Waals surface area contributed by atoms with Crippen LogP contribution in [0, 0.1) is 103 Å². The summed E-state index contributed by atoms with van der Waals surface area (Å²) in [4.78, 5) is 63.8. The highest BCUT2D eigenvalue weighted by atomic mass is 35.5. The molecule has 1 amide bonds. The van der Waals surface area contributed by atoms with Gasteiger partial charge >= 0.3 is 11.4 Å². The minimum atomic E-state index is -1.18. The molecule has 0 radical (unpaired) electrons. The van der Waals surface area contributed by atoms with E-state index in [2.05, 4.69) is 214 Å². The second-order valence-corrected chi connectivity index (χ2v) is 46.3. The van der Waals surface area contributed by atoms with E-state index in [0.29, 0.717) is 36.5 Å². The van der Waals surface area contributed by atoms with Gasteiger partial charge in [0, 0.05) is 65.7 Å². The Kier molecular flexibility index (Phi) is 45.4. The number of nitrogens with one attached hydrogen (secondary N) is 1. The number of aryl methyl sites for hydroxylation is 1. The van der Waals surface area contributed by atoms with E-state index >= 15 is 0 Å². The first-order chi connectivity index (χ1) is 49.9. The maximum absolute atomic E-state index is 14.0. The van der Waals surface area contributed by atoms with Gasteiger partial charge in [-0.2, -0.15) is 0 Å².